The Morgan fingerprint density at radius 3 is 2.88 bits per heavy atom. The minimum Gasteiger partial charge on any atom is -0.443 e. The lowest BCUT2D eigenvalue weighted by Gasteiger charge is -2.34. The van der Waals surface area contributed by atoms with E-state index in [-0.39, 0.29) is 24.4 Å². The van der Waals surface area contributed by atoms with Gasteiger partial charge >= 0.3 is 6.09 Å². The summed E-state index contributed by atoms with van der Waals surface area (Å²) in [6, 6.07) is 6.85. The fraction of sp³-hybridized carbons (Fsp3) is 0.444. The van der Waals surface area contributed by atoms with E-state index < -0.39 is 6.09 Å². The molecule has 3 rings (SSSR count). The minimum absolute atomic E-state index is 0.200. The number of carbonyl (C=O) groups excluding carboxylic acids is 1. The summed E-state index contributed by atoms with van der Waals surface area (Å²) in [5, 5.41) is 8.81. The zero-order valence-electron chi connectivity index (χ0n) is 14.1. The molecule has 1 aromatic rings. The minimum atomic E-state index is -0.500. The molecule has 2 N–H and O–H groups in total. The lowest BCUT2D eigenvalue weighted by atomic mass is 9.92. The van der Waals surface area contributed by atoms with Crippen LogP contribution in [0.4, 0.5) is 20.6 Å². The van der Waals surface area contributed by atoms with Crippen LogP contribution in [0.25, 0.3) is 0 Å². The summed E-state index contributed by atoms with van der Waals surface area (Å²) in [5.74, 6) is -0.173. The summed E-state index contributed by atoms with van der Waals surface area (Å²) in [6.45, 7) is 3.93. The zero-order valence-corrected chi connectivity index (χ0v) is 14.1. The average molecular weight is 344 g/mol. The first-order chi connectivity index (χ1) is 12.0. The molecule has 25 heavy (non-hydrogen) atoms. The van der Waals surface area contributed by atoms with Gasteiger partial charge in [-0.05, 0) is 30.5 Å². The van der Waals surface area contributed by atoms with Gasteiger partial charge in [0.25, 0.3) is 0 Å². The van der Waals surface area contributed by atoms with Crippen molar-refractivity contribution in [3.63, 3.8) is 0 Å². The van der Waals surface area contributed by atoms with Gasteiger partial charge in [0.05, 0.1) is 24.0 Å². The maximum absolute atomic E-state index is 14.7. The standard InChI is InChI=1S/C18H21FN4O2/c1-12-10-22(7-5-13(12)4-6-20)17-3-2-14(8-16(17)19)23-11-15(9-21)25-18(23)24/h2-4,8,12,15H,5,7,9-11,21H2,1H3/t12?,15-/m0/s1. The third kappa shape index (κ3) is 3.44. The Balaban J connectivity index is 1.76. The number of anilines is 2. The number of nitriles is 1. The molecule has 0 aliphatic carbocycles. The molecule has 0 aromatic heterocycles. The Hall–Kier alpha value is -2.59. The van der Waals surface area contributed by atoms with Crippen molar-refractivity contribution in [1.82, 2.24) is 0 Å². The molecule has 0 saturated carbocycles. The van der Waals surface area contributed by atoms with Gasteiger partial charge in [-0.3, -0.25) is 4.90 Å². The van der Waals surface area contributed by atoms with Crippen LogP contribution >= 0.6 is 0 Å². The molecule has 2 fully saturated rings. The molecular formula is C18H21FN4O2. The molecule has 0 spiro atoms. The molecule has 7 heteroatoms. The first-order valence-electron chi connectivity index (χ1n) is 8.34. The third-order valence-corrected chi connectivity index (χ3v) is 4.77. The van der Waals surface area contributed by atoms with Gasteiger partial charge in [0.1, 0.15) is 11.9 Å². The molecule has 0 radical (unpaired) electrons. The highest BCUT2D eigenvalue weighted by molar-refractivity contribution is 5.90. The Morgan fingerprint density at radius 1 is 1.48 bits per heavy atom. The summed E-state index contributed by atoms with van der Waals surface area (Å²) >= 11 is 0. The van der Waals surface area contributed by atoms with Crippen LogP contribution in [-0.4, -0.2) is 38.4 Å². The molecular weight excluding hydrogens is 323 g/mol. The summed E-state index contributed by atoms with van der Waals surface area (Å²) in [6.07, 6.45) is 1.48. The van der Waals surface area contributed by atoms with E-state index in [4.69, 9.17) is 15.7 Å². The number of piperidine rings is 1. The van der Waals surface area contributed by atoms with E-state index in [9.17, 15) is 9.18 Å². The molecule has 6 nitrogen and oxygen atoms in total. The summed E-state index contributed by atoms with van der Waals surface area (Å²) in [4.78, 5) is 15.2. The number of carbonyl (C=O) groups is 1. The number of hydrogen-bond donors (Lipinski definition) is 1. The van der Waals surface area contributed by atoms with E-state index in [0.29, 0.717) is 31.0 Å². The van der Waals surface area contributed by atoms with Crippen molar-refractivity contribution in [2.24, 2.45) is 11.7 Å². The Bertz CT molecular complexity index is 743. The van der Waals surface area contributed by atoms with Gasteiger partial charge in [0.15, 0.2) is 0 Å². The van der Waals surface area contributed by atoms with E-state index in [1.165, 1.54) is 11.0 Å². The quantitative estimate of drug-likeness (QED) is 0.852. The largest absolute Gasteiger partial charge is 0.443 e. The monoisotopic (exact) mass is 344 g/mol. The van der Waals surface area contributed by atoms with Crippen LogP contribution in [0, 0.1) is 23.1 Å². The number of allylic oxidation sites excluding steroid dienone is 1. The van der Waals surface area contributed by atoms with Crippen LogP contribution in [0.15, 0.2) is 29.8 Å². The first-order valence-corrected chi connectivity index (χ1v) is 8.34. The first kappa shape index (κ1) is 17.2. The number of rotatable bonds is 3. The van der Waals surface area contributed by atoms with Crippen LogP contribution in [0.2, 0.25) is 0 Å². The van der Waals surface area contributed by atoms with Crippen LogP contribution < -0.4 is 15.5 Å². The highest BCUT2D eigenvalue weighted by Gasteiger charge is 2.32. The van der Waals surface area contributed by atoms with Crippen molar-refractivity contribution in [2.45, 2.75) is 19.4 Å². The second kappa shape index (κ2) is 7.11. The van der Waals surface area contributed by atoms with E-state index >= 15 is 0 Å². The highest BCUT2D eigenvalue weighted by Crippen LogP contribution is 2.31. The fourth-order valence-corrected chi connectivity index (χ4v) is 3.34. The Labute approximate surface area is 146 Å². The molecule has 2 aliphatic heterocycles. The summed E-state index contributed by atoms with van der Waals surface area (Å²) < 4.78 is 19.8. The van der Waals surface area contributed by atoms with E-state index in [1.807, 2.05) is 11.8 Å². The summed E-state index contributed by atoms with van der Waals surface area (Å²) in [5.41, 5.74) is 7.60. The van der Waals surface area contributed by atoms with Crippen molar-refractivity contribution in [1.29, 1.82) is 5.26 Å². The highest BCUT2D eigenvalue weighted by atomic mass is 19.1. The van der Waals surface area contributed by atoms with E-state index in [1.54, 1.807) is 18.2 Å². The number of nitrogens with two attached hydrogens (primary N) is 1. The Morgan fingerprint density at radius 2 is 2.28 bits per heavy atom. The molecule has 1 amide bonds. The summed E-state index contributed by atoms with van der Waals surface area (Å²) in [7, 11) is 0. The van der Waals surface area contributed by atoms with Gasteiger partial charge in [-0.2, -0.15) is 5.26 Å². The zero-order chi connectivity index (χ0) is 18.0. The maximum atomic E-state index is 14.7. The topological polar surface area (TPSA) is 82.6 Å². The molecule has 2 saturated heterocycles. The molecule has 2 aliphatic rings. The molecule has 1 unspecified atom stereocenters. The SMILES string of the molecule is CC1CN(c2ccc(N3C[C@H](CN)OC3=O)cc2F)CCC1=CC#N. The van der Waals surface area contributed by atoms with Crippen molar-refractivity contribution in [3.05, 3.63) is 35.7 Å². The van der Waals surface area contributed by atoms with Crippen molar-refractivity contribution < 1.29 is 13.9 Å². The number of amides is 1. The molecule has 1 aromatic carbocycles. The van der Waals surface area contributed by atoms with E-state index in [0.717, 1.165) is 12.0 Å². The number of cyclic esters (lactones) is 1. The molecule has 2 heterocycles. The van der Waals surface area contributed by atoms with Crippen LogP contribution in [0.3, 0.4) is 0 Å². The van der Waals surface area contributed by atoms with Crippen molar-refractivity contribution in [2.75, 3.05) is 36.0 Å². The van der Waals surface area contributed by atoms with Crippen LogP contribution in [-0.2, 0) is 4.74 Å². The smallest absolute Gasteiger partial charge is 0.414 e. The molecule has 132 valence electrons. The lowest BCUT2D eigenvalue weighted by molar-refractivity contribution is 0.145. The number of nitrogens with zero attached hydrogens (tertiary/aromatic N) is 3. The number of benzene rings is 1. The van der Waals surface area contributed by atoms with Gasteiger partial charge in [-0.1, -0.05) is 12.5 Å². The number of hydrogen-bond acceptors (Lipinski definition) is 5. The predicted octanol–water partition coefficient (Wildman–Crippen LogP) is 2.41. The van der Waals surface area contributed by atoms with Gasteiger partial charge in [-0.15, -0.1) is 0 Å². The number of ether oxygens (including phenoxy) is 1. The third-order valence-electron chi connectivity index (χ3n) is 4.77. The number of halogens is 1. The molecule has 2 atom stereocenters. The lowest BCUT2D eigenvalue weighted by Crippen LogP contribution is -2.36. The molecule has 0 bridgehead atoms. The average Bonchev–Trinajstić information content (AvgIpc) is 2.98. The second-order valence-electron chi connectivity index (χ2n) is 6.43. The van der Waals surface area contributed by atoms with E-state index in [2.05, 4.69) is 6.07 Å². The van der Waals surface area contributed by atoms with Crippen LogP contribution in [0.5, 0.6) is 0 Å². The fourth-order valence-electron chi connectivity index (χ4n) is 3.34. The Kier molecular flexibility index (Phi) is 4.91. The van der Waals surface area contributed by atoms with Gasteiger partial charge in [0, 0.05) is 25.7 Å². The van der Waals surface area contributed by atoms with Crippen molar-refractivity contribution in [3.8, 4) is 6.07 Å². The predicted molar refractivity (Wildman–Crippen MR) is 92.8 cm³/mol. The van der Waals surface area contributed by atoms with Gasteiger partial charge < -0.3 is 15.4 Å². The van der Waals surface area contributed by atoms with Crippen LogP contribution in [0.1, 0.15) is 13.3 Å². The van der Waals surface area contributed by atoms with Crippen molar-refractivity contribution >= 4 is 17.5 Å². The van der Waals surface area contributed by atoms with Gasteiger partial charge in [0.2, 0.25) is 0 Å². The second-order valence-corrected chi connectivity index (χ2v) is 6.43. The normalized spacial score (nSPS) is 25.2. The maximum Gasteiger partial charge on any atom is 0.414 e. The van der Waals surface area contributed by atoms with Gasteiger partial charge in [-0.25, -0.2) is 9.18 Å².